The Morgan fingerprint density at radius 1 is 1.50 bits per heavy atom. The van der Waals surface area contributed by atoms with E-state index in [0.29, 0.717) is 5.69 Å². The van der Waals surface area contributed by atoms with E-state index < -0.39 is 12.8 Å². The van der Waals surface area contributed by atoms with Gasteiger partial charge in [-0.1, -0.05) is 0 Å². The fraction of sp³-hybridized carbons (Fsp3) is 0.538. The number of rotatable bonds is 5. The van der Waals surface area contributed by atoms with E-state index in [0.717, 1.165) is 12.8 Å². The van der Waals surface area contributed by atoms with Crippen molar-refractivity contribution in [2.24, 2.45) is 5.92 Å². The molecule has 20 heavy (non-hydrogen) atoms. The number of ether oxygens (including phenoxy) is 1. The number of nitrogens with one attached hydrogen (secondary N) is 1. The van der Waals surface area contributed by atoms with E-state index in [4.69, 9.17) is 0 Å². The molecule has 1 atom stereocenters. The Hall–Kier alpha value is -1.79. The third kappa shape index (κ3) is 4.40. The SMILES string of the molecule is C[C@@H](NC(=O)C1CC1)c1ccc(OCC(F)(F)F)cn1. The van der Waals surface area contributed by atoms with Crippen molar-refractivity contribution in [3.8, 4) is 5.75 Å². The molecular weight excluding hydrogens is 273 g/mol. The molecule has 110 valence electrons. The first-order valence-electron chi connectivity index (χ1n) is 6.31. The second-order valence-corrected chi connectivity index (χ2v) is 4.83. The van der Waals surface area contributed by atoms with E-state index in [9.17, 15) is 18.0 Å². The predicted octanol–water partition coefficient (Wildman–Crippen LogP) is 2.61. The van der Waals surface area contributed by atoms with Crippen molar-refractivity contribution in [2.45, 2.75) is 32.0 Å². The summed E-state index contributed by atoms with van der Waals surface area (Å²) in [5.41, 5.74) is 0.582. The molecule has 0 bridgehead atoms. The minimum absolute atomic E-state index is 0.00306. The van der Waals surface area contributed by atoms with Gasteiger partial charge in [-0.15, -0.1) is 0 Å². The molecule has 1 heterocycles. The van der Waals surface area contributed by atoms with Gasteiger partial charge in [-0.3, -0.25) is 9.78 Å². The molecule has 1 amide bonds. The van der Waals surface area contributed by atoms with Crippen LogP contribution in [0.1, 0.15) is 31.5 Å². The van der Waals surface area contributed by atoms with E-state index in [1.165, 1.54) is 12.3 Å². The summed E-state index contributed by atoms with van der Waals surface area (Å²) >= 11 is 0. The molecule has 2 rings (SSSR count). The van der Waals surface area contributed by atoms with Crippen LogP contribution in [0.2, 0.25) is 0 Å². The van der Waals surface area contributed by atoms with Crippen molar-refractivity contribution >= 4 is 5.91 Å². The van der Waals surface area contributed by atoms with Gasteiger partial charge >= 0.3 is 6.18 Å². The number of hydrogen-bond acceptors (Lipinski definition) is 3. The van der Waals surface area contributed by atoms with Crippen molar-refractivity contribution in [1.29, 1.82) is 0 Å². The molecule has 0 spiro atoms. The van der Waals surface area contributed by atoms with Gasteiger partial charge in [-0.25, -0.2) is 0 Å². The number of hydrogen-bond donors (Lipinski definition) is 1. The average Bonchev–Trinajstić information content (AvgIpc) is 3.20. The molecule has 1 aliphatic carbocycles. The van der Waals surface area contributed by atoms with E-state index in [1.807, 2.05) is 0 Å². The Morgan fingerprint density at radius 2 is 2.20 bits per heavy atom. The molecule has 0 unspecified atom stereocenters. The van der Waals surface area contributed by atoms with Crippen LogP contribution in [0, 0.1) is 5.92 Å². The topological polar surface area (TPSA) is 51.2 Å². The quantitative estimate of drug-likeness (QED) is 0.906. The number of carbonyl (C=O) groups is 1. The molecule has 1 aromatic rings. The predicted molar refractivity (Wildman–Crippen MR) is 65.1 cm³/mol. The molecule has 1 aromatic heterocycles. The van der Waals surface area contributed by atoms with Crippen LogP contribution < -0.4 is 10.1 Å². The van der Waals surface area contributed by atoms with Gasteiger partial charge in [0.2, 0.25) is 5.91 Å². The Balaban J connectivity index is 1.88. The summed E-state index contributed by atoms with van der Waals surface area (Å²) < 4.78 is 40.5. The molecule has 1 aliphatic rings. The maximum Gasteiger partial charge on any atom is 0.422 e. The fourth-order valence-corrected chi connectivity index (χ4v) is 1.65. The van der Waals surface area contributed by atoms with Crippen LogP contribution in [0.3, 0.4) is 0 Å². The van der Waals surface area contributed by atoms with Crippen LogP contribution in [0.15, 0.2) is 18.3 Å². The van der Waals surface area contributed by atoms with Crippen molar-refractivity contribution in [1.82, 2.24) is 10.3 Å². The minimum Gasteiger partial charge on any atom is -0.483 e. The van der Waals surface area contributed by atoms with Crippen LogP contribution in [-0.4, -0.2) is 23.7 Å². The Bertz CT molecular complexity index is 469. The highest BCUT2D eigenvalue weighted by Gasteiger charge is 2.30. The first-order chi connectivity index (χ1) is 9.35. The maximum atomic E-state index is 12.0. The second-order valence-electron chi connectivity index (χ2n) is 4.83. The molecule has 0 aromatic carbocycles. The molecule has 1 fully saturated rings. The van der Waals surface area contributed by atoms with Gasteiger partial charge < -0.3 is 10.1 Å². The summed E-state index contributed by atoms with van der Waals surface area (Å²) in [6.07, 6.45) is -1.32. The van der Waals surface area contributed by atoms with Crippen LogP contribution >= 0.6 is 0 Å². The van der Waals surface area contributed by atoms with E-state index in [2.05, 4.69) is 15.0 Å². The van der Waals surface area contributed by atoms with Crippen molar-refractivity contribution in [3.63, 3.8) is 0 Å². The zero-order chi connectivity index (χ0) is 14.8. The average molecular weight is 288 g/mol. The lowest BCUT2D eigenvalue weighted by molar-refractivity contribution is -0.153. The van der Waals surface area contributed by atoms with Gasteiger partial charge in [0.15, 0.2) is 6.61 Å². The number of amides is 1. The second kappa shape index (κ2) is 5.68. The zero-order valence-corrected chi connectivity index (χ0v) is 10.9. The highest BCUT2D eigenvalue weighted by Crippen LogP contribution is 2.29. The fourth-order valence-electron chi connectivity index (χ4n) is 1.65. The van der Waals surface area contributed by atoms with Gasteiger partial charge in [-0.2, -0.15) is 13.2 Å². The third-order valence-corrected chi connectivity index (χ3v) is 2.91. The highest BCUT2D eigenvalue weighted by molar-refractivity contribution is 5.81. The lowest BCUT2D eigenvalue weighted by Crippen LogP contribution is -2.28. The number of alkyl halides is 3. The monoisotopic (exact) mass is 288 g/mol. The highest BCUT2D eigenvalue weighted by atomic mass is 19.4. The van der Waals surface area contributed by atoms with Crippen LogP contribution in [-0.2, 0) is 4.79 Å². The van der Waals surface area contributed by atoms with Gasteiger partial charge in [0, 0.05) is 5.92 Å². The van der Waals surface area contributed by atoms with E-state index in [-0.39, 0.29) is 23.6 Å². The summed E-state index contributed by atoms with van der Waals surface area (Å²) in [5, 5.41) is 2.81. The molecule has 1 saturated carbocycles. The maximum absolute atomic E-state index is 12.0. The Kier molecular flexibility index (Phi) is 4.15. The smallest absolute Gasteiger partial charge is 0.422 e. The molecule has 0 radical (unpaired) electrons. The molecule has 0 saturated heterocycles. The van der Waals surface area contributed by atoms with Gasteiger partial charge in [0.25, 0.3) is 0 Å². The Labute approximate surface area is 114 Å². The lowest BCUT2D eigenvalue weighted by Gasteiger charge is -2.14. The van der Waals surface area contributed by atoms with Crippen LogP contribution in [0.25, 0.3) is 0 Å². The number of halogens is 3. The lowest BCUT2D eigenvalue weighted by atomic mass is 10.2. The van der Waals surface area contributed by atoms with E-state index in [1.54, 1.807) is 13.0 Å². The van der Waals surface area contributed by atoms with Crippen molar-refractivity contribution in [2.75, 3.05) is 6.61 Å². The van der Waals surface area contributed by atoms with Gasteiger partial charge in [-0.05, 0) is 31.9 Å². The van der Waals surface area contributed by atoms with E-state index >= 15 is 0 Å². The summed E-state index contributed by atoms with van der Waals surface area (Å²) in [6.45, 7) is 0.431. The molecule has 1 N–H and O–H groups in total. The largest absolute Gasteiger partial charge is 0.483 e. The Morgan fingerprint density at radius 3 is 2.70 bits per heavy atom. The summed E-state index contributed by atoms with van der Waals surface area (Å²) in [4.78, 5) is 15.6. The summed E-state index contributed by atoms with van der Waals surface area (Å²) in [7, 11) is 0. The molecule has 4 nitrogen and oxygen atoms in total. The summed E-state index contributed by atoms with van der Waals surface area (Å²) in [5.74, 6) is 0.148. The van der Waals surface area contributed by atoms with Crippen LogP contribution in [0.4, 0.5) is 13.2 Å². The van der Waals surface area contributed by atoms with Crippen molar-refractivity contribution < 1.29 is 22.7 Å². The molecular formula is C13H15F3N2O2. The van der Waals surface area contributed by atoms with Crippen molar-refractivity contribution in [3.05, 3.63) is 24.0 Å². The van der Waals surface area contributed by atoms with Gasteiger partial charge in [0.1, 0.15) is 5.75 Å². The third-order valence-electron chi connectivity index (χ3n) is 2.91. The number of pyridine rings is 1. The molecule has 7 heteroatoms. The van der Waals surface area contributed by atoms with Gasteiger partial charge in [0.05, 0.1) is 17.9 Å². The number of aromatic nitrogens is 1. The number of carbonyl (C=O) groups excluding carboxylic acids is 1. The first kappa shape index (κ1) is 14.6. The number of nitrogens with zero attached hydrogens (tertiary/aromatic N) is 1. The zero-order valence-electron chi connectivity index (χ0n) is 10.9. The minimum atomic E-state index is -4.37. The standard InChI is InChI=1S/C13H15F3N2O2/c1-8(18-12(19)9-2-3-9)11-5-4-10(6-17-11)20-7-13(14,15)16/h4-6,8-9H,2-3,7H2,1H3,(H,18,19)/t8-/m1/s1. The summed E-state index contributed by atoms with van der Waals surface area (Å²) in [6, 6.07) is 2.68. The molecule has 0 aliphatic heterocycles. The first-order valence-corrected chi connectivity index (χ1v) is 6.31. The normalized spacial score (nSPS) is 16.6. The van der Waals surface area contributed by atoms with Crippen LogP contribution in [0.5, 0.6) is 5.75 Å².